The standard InChI is InChI=1S/C30H43N3O6S/c1-6-7-8-9-10-18-33(28(36)25(20-40)32-29(37)39-30(2,3)4)26(21-12-11-13-23(34)19-21)27(35)31-22-14-16-24(38-5)17-15-22/h11-17,19,25-26,34,40H,6-10,18,20H2,1-5H3,(H,31,35)(H,32,37). The minimum atomic E-state index is -1.09. The molecule has 0 aliphatic carbocycles. The lowest BCUT2D eigenvalue weighted by molar-refractivity contribution is -0.140. The highest BCUT2D eigenvalue weighted by Gasteiger charge is 2.36. The second-order valence-electron chi connectivity index (χ2n) is 10.5. The topological polar surface area (TPSA) is 117 Å². The molecule has 3 amide bonds. The molecule has 2 rings (SSSR count). The molecule has 2 aromatic rings. The first-order chi connectivity index (χ1) is 19.0. The van der Waals surface area contributed by atoms with Gasteiger partial charge in [0.05, 0.1) is 7.11 Å². The van der Waals surface area contributed by atoms with E-state index in [9.17, 15) is 19.5 Å². The number of benzene rings is 2. The van der Waals surface area contributed by atoms with E-state index >= 15 is 0 Å². The first kappa shape index (κ1) is 32.8. The summed E-state index contributed by atoms with van der Waals surface area (Å²) in [6.07, 6.45) is 3.92. The van der Waals surface area contributed by atoms with E-state index in [0.29, 0.717) is 23.4 Å². The van der Waals surface area contributed by atoms with E-state index in [1.165, 1.54) is 17.0 Å². The first-order valence-electron chi connectivity index (χ1n) is 13.6. The predicted octanol–water partition coefficient (Wildman–Crippen LogP) is 5.70. The molecule has 40 heavy (non-hydrogen) atoms. The van der Waals surface area contributed by atoms with Crippen LogP contribution in [0, 0.1) is 0 Å². The van der Waals surface area contributed by atoms with Crippen molar-refractivity contribution in [3.05, 3.63) is 54.1 Å². The highest BCUT2D eigenvalue weighted by Crippen LogP contribution is 2.28. The number of carbonyl (C=O) groups excluding carboxylic acids is 3. The minimum absolute atomic E-state index is 0.00271. The summed E-state index contributed by atoms with van der Waals surface area (Å²) < 4.78 is 10.6. The van der Waals surface area contributed by atoms with Crippen LogP contribution in [0.25, 0.3) is 0 Å². The van der Waals surface area contributed by atoms with Gasteiger partial charge < -0.3 is 30.1 Å². The fraction of sp³-hybridized carbons (Fsp3) is 0.500. The van der Waals surface area contributed by atoms with Gasteiger partial charge in [-0.2, -0.15) is 12.6 Å². The predicted molar refractivity (Wildman–Crippen MR) is 160 cm³/mol. The van der Waals surface area contributed by atoms with Gasteiger partial charge in [0.2, 0.25) is 5.91 Å². The smallest absolute Gasteiger partial charge is 0.408 e. The van der Waals surface area contributed by atoms with E-state index in [0.717, 1.165) is 25.7 Å². The van der Waals surface area contributed by atoms with Crippen molar-refractivity contribution in [2.75, 3.05) is 24.7 Å². The molecule has 10 heteroatoms. The minimum Gasteiger partial charge on any atom is -0.508 e. The van der Waals surface area contributed by atoms with Gasteiger partial charge >= 0.3 is 6.09 Å². The number of hydrogen-bond acceptors (Lipinski definition) is 7. The number of anilines is 1. The van der Waals surface area contributed by atoms with Crippen LogP contribution < -0.4 is 15.4 Å². The SMILES string of the molecule is CCCCCCCN(C(=O)C(CS)NC(=O)OC(C)(C)C)C(C(=O)Nc1ccc(OC)cc1)c1cccc(O)c1. The van der Waals surface area contributed by atoms with Crippen molar-refractivity contribution in [2.45, 2.75) is 77.5 Å². The van der Waals surface area contributed by atoms with E-state index in [-0.39, 0.29) is 18.0 Å². The molecule has 3 N–H and O–H groups in total. The number of amides is 3. The summed E-state index contributed by atoms with van der Waals surface area (Å²) in [6.45, 7) is 7.58. The molecule has 9 nitrogen and oxygen atoms in total. The summed E-state index contributed by atoms with van der Waals surface area (Å²) in [6, 6.07) is 11.0. The van der Waals surface area contributed by atoms with E-state index in [1.807, 2.05) is 0 Å². The van der Waals surface area contributed by atoms with E-state index < -0.39 is 35.6 Å². The summed E-state index contributed by atoms with van der Waals surface area (Å²) in [5, 5.41) is 15.7. The fourth-order valence-electron chi connectivity index (χ4n) is 4.14. The van der Waals surface area contributed by atoms with Crippen molar-refractivity contribution in [1.29, 1.82) is 0 Å². The summed E-state index contributed by atoms with van der Waals surface area (Å²) >= 11 is 4.33. The molecule has 0 aliphatic heterocycles. The monoisotopic (exact) mass is 573 g/mol. The van der Waals surface area contributed by atoms with Gasteiger partial charge in [0, 0.05) is 18.0 Å². The zero-order chi connectivity index (χ0) is 29.7. The summed E-state index contributed by atoms with van der Waals surface area (Å²) in [4.78, 5) is 41.8. The lowest BCUT2D eigenvalue weighted by Crippen LogP contribution is -2.53. The Labute approximate surface area is 243 Å². The van der Waals surface area contributed by atoms with E-state index in [2.05, 4.69) is 30.2 Å². The second-order valence-corrected chi connectivity index (χ2v) is 10.9. The van der Waals surface area contributed by atoms with Crippen LogP contribution in [0.1, 0.15) is 71.4 Å². The third-order valence-corrected chi connectivity index (χ3v) is 6.43. The number of nitrogens with zero attached hydrogens (tertiary/aromatic N) is 1. The van der Waals surface area contributed by atoms with Gasteiger partial charge in [-0.1, -0.05) is 44.7 Å². The summed E-state index contributed by atoms with van der Waals surface area (Å²) in [5.74, 6) is -0.344. The Kier molecular flexibility index (Phi) is 13.1. The molecule has 0 aromatic heterocycles. The number of nitrogens with one attached hydrogen (secondary N) is 2. The lowest BCUT2D eigenvalue weighted by Gasteiger charge is -2.34. The van der Waals surface area contributed by atoms with Gasteiger partial charge in [-0.05, 0) is 69.2 Å². The Morgan fingerprint density at radius 3 is 2.27 bits per heavy atom. The largest absolute Gasteiger partial charge is 0.508 e. The van der Waals surface area contributed by atoms with Crippen LogP contribution in [-0.2, 0) is 14.3 Å². The van der Waals surface area contributed by atoms with Crippen LogP contribution in [0.2, 0.25) is 0 Å². The van der Waals surface area contributed by atoms with Crippen molar-refractivity contribution in [3.8, 4) is 11.5 Å². The fourth-order valence-corrected chi connectivity index (χ4v) is 4.39. The Bertz CT molecular complexity index is 1100. The number of alkyl carbamates (subject to hydrolysis) is 1. The van der Waals surface area contributed by atoms with Crippen LogP contribution in [0.5, 0.6) is 11.5 Å². The maximum atomic E-state index is 14.0. The third kappa shape index (κ3) is 10.6. The maximum Gasteiger partial charge on any atom is 0.408 e. The number of phenolic OH excluding ortho intramolecular Hbond substituents is 1. The number of carbonyl (C=O) groups is 3. The van der Waals surface area contributed by atoms with Gasteiger partial charge in [-0.3, -0.25) is 9.59 Å². The second kappa shape index (κ2) is 16.0. The van der Waals surface area contributed by atoms with Crippen LogP contribution in [-0.4, -0.2) is 59.0 Å². The average Bonchev–Trinajstić information content (AvgIpc) is 2.90. The molecule has 0 spiro atoms. The molecule has 0 radical (unpaired) electrons. The van der Waals surface area contributed by atoms with Gasteiger partial charge in [-0.25, -0.2) is 4.79 Å². The van der Waals surface area contributed by atoms with E-state index in [4.69, 9.17) is 9.47 Å². The number of thiol groups is 1. The Balaban J connectivity index is 2.45. The average molecular weight is 574 g/mol. The number of phenols is 1. The third-order valence-electron chi connectivity index (χ3n) is 6.06. The molecule has 0 saturated carbocycles. The molecular weight excluding hydrogens is 530 g/mol. The Morgan fingerprint density at radius 2 is 1.70 bits per heavy atom. The first-order valence-corrected chi connectivity index (χ1v) is 14.3. The molecule has 0 aliphatic rings. The van der Waals surface area contributed by atoms with E-state index in [1.54, 1.807) is 64.3 Å². The normalized spacial score (nSPS) is 12.7. The van der Waals surface area contributed by atoms with Gasteiger partial charge in [0.25, 0.3) is 5.91 Å². The van der Waals surface area contributed by atoms with Crippen LogP contribution in [0.3, 0.4) is 0 Å². The molecule has 220 valence electrons. The lowest BCUT2D eigenvalue weighted by atomic mass is 10.0. The summed E-state index contributed by atoms with van der Waals surface area (Å²) in [7, 11) is 1.55. The van der Waals surface area contributed by atoms with Crippen molar-refractivity contribution < 1.29 is 29.0 Å². The molecule has 2 aromatic carbocycles. The van der Waals surface area contributed by atoms with Crippen LogP contribution >= 0.6 is 12.6 Å². The Morgan fingerprint density at radius 1 is 1.02 bits per heavy atom. The van der Waals surface area contributed by atoms with Gasteiger partial charge in [0.15, 0.2) is 0 Å². The number of unbranched alkanes of at least 4 members (excludes halogenated alkanes) is 4. The highest BCUT2D eigenvalue weighted by molar-refractivity contribution is 7.80. The molecule has 0 bridgehead atoms. The number of methoxy groups -OCH3 is 1. The Hall–Kier alpha value is -3.40. The van der Waals surface area contributed by atoms with Gasteiger partial charge in [0.1, 0.15) is 29.2 Å². The highest BCUT2D eigenvalue weighted by atomic mass is 32.1. The van der Waals surface area contributed by atoms with Gasteiger partial charge in [-0.15, -0.1) is 0 Å². The molecule has 0 fully saturated rings. The van der Waals surface area contributed by atoms with Crippen molar-refractivity contribution in [3.63, 3.8) is 0 Å². The summed E-state index contributed by atoms with van der Waals surface area (Å²) in [5.41, 5.74) is 0.197. The zero-order valence-electron chi connectivity index (χ0n) is 24.1. The molecule has 0 saturated heterocycles. The number of ether oxygens (including phenoxy) is 2. The quantitative estimate of drug-likeness (QED) is 0.170. The van der Waals surface area contributed by atoms with Crippen molar-refractivity contribution >= 4 is 36.2 Å². The molecule has 2 atom stereocenters. The number of aromatic hydroxyl groups is 1. The zero-order valence-corrected chi connectivity index (χ0v) is 25.0. The van der Waals surface area contributed by atoms with Crippen molar-refractivity contribution in [2.24, 2.45) is 0 Å². The molecular formula is C30H43N3O6S. The van der Waals surface area contributed by atoms with Crippen LogP contribution in [0.15, 0.2) is 48.5 Å². The number of rotatable bonds is 14. The number of hydrogen-bond donors (Lipinski definition) is 4. The molecule has 2 unspecified atom stereocenters. The molecule has 0 heterocycles. The maximum absolute atomic E-state index is 14.0. The van der Waals surface area contributed by atoms with Crippen LogP contribution in [0.4, 0.5) is 10.5 Å². The van der Waals surface area contributed by atoms with Crippen molar-refractivity contribution in [1.82, 2.24) is 10.2 Å².